The van der Waals surface area contributed by atoms with E-state index in [0.29, 0.717) is 6.54 Å². The Kier molecular flexibility index (Phi) is 3.08. The van der Waals surface area contributed by atoms with Crippen molar-refractivity contribution in [3.05, 3.63) is 35.4 Å². The summed E-state index contributed by atoms with van der Waals surface area (Å²) in [6.07, 6.45) is 3.42. The quantitative estimate of drug-likeness (QED) is 0.886. The molecule has 0 amide bonds. The Bertz CT molecular complexity index is 454. The van der Waals surface area contributed by atoms with E-state index in [2.05, 4.69) is 29.2 Å². The van der Waals surface area contributed by atoms with E-state index in [1.807, 2.05) is 0 Å². The molecule has 1 unspecified atom stereocenters. The molecule has 1 aliphatic heterocycles. The summed E-state index contributed by atoms with van der Waals surface area (Å²) < 4.78 is 0. The average molecular weight is 245 g/mol. The SMILES string of the molecule is O=C(O)C1CCN(Cc2ccccc2C2CC2)C1. The molecule has 0 spiro atoms. The number of aliphatic carboxylic acids is 1. The number of benzene rings is 1. The highest BCUT2D eigenvalue weighted by Crippen LogP contribution is 2.42. The number of hydrogen-bond acceptors (Lipinski definition) is 2. The number of hydrogen-bond donors (Lipinski definition) is 1. The van der Waals surface area contributed by atoms with Gasteiger partial charge < -0.3 is 5.11 Å². The minimum absolute atomic E-state index is 0.168. The Morgan fingerprint density at radius 3 is 2.72 bits per heavy atom. The molecule has 1 aromatic rings. The average Bonchev–Trinajstić information content (AvgIpc) is 3.09. The minimum atomic E-state index is -0.645. The van der Waals surface area contributed by atoms with E-state index >= 15 is 0 Å². The van der Waals surface area contributed by atoms with Crippen LogP contribution in [0.2, 0.25) is 0 Å². The van der Waals surface area contributed by atoms with E-state index in [9.17, 15) is 4.79 Å². The third kappa shape index (κ3) is 2.41. The zero-order valence-corrected chi connectivity index (χ0v) is 10.5. The second kappa shape index (κ2) is 4.73. The van der Waals surface area contributed by atoms with E-state index in [4.69, 9.17) is 5.11 Å². The van der Waals surface area contributed by atoms with Gasteiger partial charge in [-0.3, -0.25) is 9.69 Å². The molecule has 1 heterocycles. The molecule has 1 aromatic carbocycles. The minimum Gasteiger partial charge on any atom is -0.481 e. The van der Waals surface area contributed by atoms with Crippen LogP contribution in [0, 0.1) is 5.92 Å². The molecule has 3 nitrogen and oxygen atoms in total. The van der Waals surface area contributed by atoms with Crippen LogP contribution in [0.5, 0.6) is 0 Å². The van der Waals surface area contributed by atoms with Gasteiger partial charge in [-0.1, -0.05) is 24.3 Å². The van der Waals surface area contributed by atoms with Crippen LogP contribution in [0.4, 0.5) is 0 Å². The molecule has 18 heavy (non-hydrogen) atoms. The highest BCUT2D eigenvalue weighted by molar-refractivity contribution is 5.70. The number of carboxylic acids is 1. The number of likely N-dealkylation sites (tertiary alicyclic amines) is 1. The van der Waals surface area contributed by atoms with Gasteiger partial charge in [-0.05, 0) is 42.9 Å². The van der Waals surface area contributed by atoms with E-state index in [1.165, 1.54) is 24.0 Å². The first-order valence-electron chi connectivity index (χ1n) is 6.77. The molecule has 1 saturated carbocycles. The van der Waals surface area contributed by atoms with Crippen LogP contribution < -0.4 is 0 Å². The second-order valence-corrected chi connectivity index (χ2v) is 5.53. The molecular weight excluding hydrogens is 226 g/mol. The molecule has 3 rings (SSSR count). The summed E-state index contributed by atoms with van der Waals surface area (Å²) >= 11 is 0. The normalized spacial score (nSPS) is 24.3. The molecule has 96 valence electrons. The lowest BCUT2D eigenvalue weighted by Crippen LogP contribution is -2.23. The highest BCUT2D eigenvalue weighted by Gasteiger charge is 2.30. The van der Waals surface area contributed by atoms with Crippen molar-refractivity contribution in [2.45, 2.75) is 31.7 Å². The zero-order valence-electron chi connectivity index (χ0n) is 10.5. The van der Waals surface area contributed by atoms with E-state index in [1.54, 1.807) is 0 Å². The van der Waals surface area contributed by atoms with Gasteiger partial charge in [-0.25, -0.2) is 0 Å². The Balaban J connectivity index is 1.68. The first-order chi connectivity index (χ1) is 8.74. The molecule has 0 aromatic heterocycles. The Labute approximate surface area is 107 Å². The van der Waals surface area contributed by atoms with Gasteiger partial charge in [0, 0.05) is 13.1 Å². The number of carbonyl (C=O) groups is 1. The summed E-state index contributed by atoms with van der Waals surface area (Å²) in [6, 6.07) is 8.63. The maximum atomic E-state index is 11.0. The van der Waals surface area contributed by atoms with Gasteiger partial charge in [-0.15, -0.1) is 0 Å². The summed E-state index contributed by atoms with van der Waals surface area (Å²) in [7, 11) is 0. The van der Waals surface area contributed by atoms with Gasteiger partial charge in [0.25, 0.3) is 0 Å². The van der Waals surface area contributed by atoms with Crippen LogP contribution in [0.3, 0.4) is 0 Å². The van der Waals surface area contributed by atoms with Gasteiger partial charge in [0.1, 0.15) is 0 Å². The van der Waals surface area contributed by atoms with Crippen LogP contribution in [-0.4, -0.2) is 29.1 Å². The summed E-state index contributed by atoms with van der Waals surface area (Å²) in [4.78, 5) is 13.2. The summed E-state index contributed by atoms with van der Waals surface area (Å²) in [5, 5.41) is 9.02. The monoisotopic (exact) mass is 245 g/mol. The predicted molar refractivity (Wildman–Crippen MR) is 69.4 cm³/mol. The highest BCUT2D eigenvalue weighted by atomic mass is 16.4. The first kappa shape index (κ1) is 11.7. The maximum Gasteiger partial charge on any atom is 0.307 e. The van der Waals surface area contributed by atoms with E-state index in [-0.39, 0.29) is 5.92 Å². The molecule has 1 saturated heterocycles. The fourth-order valence-corrected chi connectivity index (χ4v) is 2.89. The van der Waals surface area contributed by atoms with Gasteiger partial charge in [-0.2, -0.15) is 0 Å². The fraction of sp³-hybridized carbons (Fsp3) is 0.533. The molecular formula is C15H19NO2. The lowest BCUT2D eigenvalue weighted by Gasteiger charge is -2.17. The van der Waals surface area contributed by atoms with Crippen LogP contribution in [-0.2, 0) is 11.3 Å². The smallest absolute Gasteiger partial charge is 0.307 e. The van der Waals surface area contributed by atoms with Crippen molar-refractivity contribution in [2.75, 3.05) is 13.1 Å². The molecule has 1 atom stereocenters. The lowest BCUT2D eigenvalue weighted by molar-refractivity contribution is -0.141. The van der Waals surface area contributed by atoms with Crippen molar-refractivity contribution in [2.24, 2.45) is 5.92 Å². The van der Waals surface area contributed by atoms with E-state index < -0.39 is 5.97 Å². The Hall–Kier alpha value is -1.35. The van der Waals surface area contributed by atoms with Gasteiger partial charge in [0.2, 0.25) is 0 Å². The second-order valence-electron chi connectivity index (χ2n) is 5.53. The topological polar surface area (TPSA) is 40.5 Å². The van der Waals surface area contributed by atoms with E-state index in [0.717, 1.165) is 25.4 Å². The van der Waals surface area contributed by atoms with Crippen LogP contribution in [0.15, 0.2) is 24.3 Å². The van der Waals surface area contributed by atoms with Crippen molar-refractivity contribution in [3.8, 4) is 0 Å². The van der Waals surface area contributed by atoms with Crippen LogP contribution in [0.1, 0.15) is 36.3 Å². The molecule has 2 aliphatic rings. The molecule has 1 N–H and O–H groups in total. The standard InChI is InChI=1S/C15H19NO2/c17-15(18)13-7-8-16(10-13)9-12-3-1-2-4-14(12)11-5-6-11/h1-4,11,13H,5-10H2,(H,17,18). The maximum absolute atomic E-state index is 11.0. The van der Waals surface area contributed by atoms with Crippen LogP contribution >= 0.6 is 0 Å². The van der Waals surface area contributed by atoms with Crippen molar-refractivity contribution in [1.82, 2.24) is 4.90 Å². The zero-order chi connectivity index (χ0) is 12.5. The summed E-state index contributed by atoms with van der Waals surface area (Å²) in [6.45, 7) is 2.53. The number of nitrogens with zero attached hydrogens (tertiary/aromatic N) is 1. The number of carboxylic acid groups (broad SMARTS) is 1. The van der Waals surface area contributed by atoms with Crippen LogP contribution in [0.25, 0.3) is 0 Å². The van der Waals surface area contributed by atoms with Gasteiger partial charge in [0.05, 0.1) is 5.92 Å². The third-order valence-corrected chi connectivity index (χ3v) is 4.09. The first-order valence-corrected chi connectivity index (χ1v) is 6.77. The molecule has 1 aliphatic carbocycles. The Morgan fingerprint density at radius 1 is 1.28 bits per heavy atom. The Morgan fingerprint density at radius 2 is 2.06 bits per heavy atom. The van der Waals surface area contributed by atoms with Gasteiger partial charge >= 0.3 is 5.97 Å². The third-order valence-electron chi connectivity index (χ3n) is 4.09. The van der Waals surface area contributed by atoms with Crippen molar-refractivity contribution in [1.29, 1.82) is 0 Å². The molecule has 0 bridgehead atoms. The fourth-order valence-electron chi connectivity index (χ4n) is 2.89. The van der Waals surface area contributed by atoms with Crippen molar-refractivity contribution < 1.29 is 9.90 Å². The molecule has 2 fully saturated rings. The van der Waals surface area contributed by atoms with Gasteiger partial charge in [0.15, 0.2) is 0 Å². The number of rotatable bonds is 4. The molecule has 0 radical (unpaired) electrons. The predicted octanol–water partition coefficient (Wildman–Crippen LogP) is 2.47. The van der Waals surface area contributed by atoms with Crippen molar-refractivity contribution in [3.63, 3.8) is 0 Å². The largest absolute Gasteiger partial charge is 0.481 e. The summed E-state index contributed by atoms with van der Waals surface area (Å²) in [5.74, 6) is -0.0508. The lowest BCUT2D eigenvalue weighted by atomic mass is 10.0. The summed E-state index contributed by atoms with van der Waals surface area (Å²) in [5.41, 5.74) is 2.88. The molecule has 3 heteroatoms. The van der Waals surface area contributed by atoms with Crippen molar-refractivity contribution >= 4 is 5.97 Å².